The normalized spacial score (nSPS) is 10.5. The first-order valence-corrected chi connectivity index (χ1v) is 5.66. The van der Waals surface area contributed by atoms with Crippen molar-refractivity contribution in [2.24, 2.45) is 0 Å². The van der Waals surface area contributed by atoms with Crippen LogP contribution in [-0.4, -0.2) is 9.97 Å². The smallest absolute Gasteiger partial charge is 0.146 e. The van der Waals surface area contributed by atoms with Gasteiger partial charge in [-0.25, -0.2) is 18.7 Å². The lowest BCUT2D eigenvalue weighted by atomic mass is 10.3. The van der Waals surface area contributed by atoms with Crippen LogP contribution in [0, 0.1) is 11.6 Å². The van der Waals surface area contributed by atoms with Crippen LogP contribution in [0.25, 0.3) is 0 Å². The van der Waals surface area contributed by atoms with Gasteiger partial charge in [0.2, 0.25) is 0 Å². The van der Waals surface area contributed by atoms with Crippen LogP contribution in [0.15, 0.2) is 34.4 Å². The number of halogens is 3. The number of anilines is 1. The Balaban J connectivity index is 2.35. The van der Waals surface area contributed by atoms with E-state index in [4.69, 9.17) is 17.3 Å². The molecule has 0 unspecified atom stereocenters. The van der Waals surface area contributed by atoms with Crippen LogP contribution >= 0.6 is 23.4 Å². The first-order valence-electron chi connectivity index (χ1n) is 4.47. The maximum atomic E-state index is 13.4. The second-order valence-corrected chi connectivity index (χ2v) is 4.46. The Bertz CT molecular complexity index is 565. The highest BCUT2D eigenvalue weighted by Crippen LogP contribution is 2.34. The van der Waals surface area contributed by atoms with E-state index >= 15 is 0 Å². The van der Waals surface area contributed by atoms with Crippen molar-refractivity contribution in [2.75, 3.05) is 5.73 Å². The van der Waals surface area contributed by atoms with Gasteiger partial charge < -0.3 is 5.73 Å². The van der Waals surface area contributed by atoms with Crippen molar-refractivity contribution in [3.63, 3.8) is 0 Å². The van der Waals surface area contributed by atoms with Gasteiger partial charge in [0, 0.05) is 11.0 Å². The zero-order valence-electron chi connectivity index (χ0n) is 8.32. The number of rotatable bonds is 2. The van der Waals surface area contributed by atoms with Crippen molar-refractivity contribution in [1.82, 2.24) is 9.97 Å². The van der Waals surface area contributed by atoms with Crippen LogP contribution in [0.2, 0.25) is 5.02 Å². The average molecular weight is 274 g/mol. The molecule has 0 fully saturated rings. The van der Waals surface area contributed by atoms with Gasteiger partial charge >= 0.3 is 0 Å². The molecular weight excluding hydrogens is 268 g/mol. The van der Waals surface area contributed by atoms with E-state index in [0.29, 0.717) is 5.03 Å². The van der Waals surface area contributed by atoms with Gasteiger partial charge in [-0.05, 0) is 12.1 Å². The summed E-state index contributed by atoms with van der Waals surface area (Å²) in [6.45, 7) is 0. The third-order valence-electron chi connectivity index (χ3n) is 1.89. The van der Waals surface area contributed by atoms with Crippen molar-refractivity contribution in [1.29, 1.82) is 0 Å². The van der Waals surface area contributed by atoms with E-state index in [0.717, 1.165) is 23.9 Å². The summed E-state index contributed by atoms with van der Waals surface area (Å²) in [5.74, 6) is -1.20. The molecule has 2 aromatic rings. The third kappa shape index (κ3) is 2.65. The minimum absolute atomic E-state index is 0.117. The first kappa shape index (κ1) is 12.1. The molecule has 0 amide bonds. The molecule has 2 rings (SSSR count). The van der Waals surface area contributed by atoms with Gasteiger partial charge in [-0.3, -0.25) is 0 Å². The third-order valence-corrected chi connectivity index (χ3v) is 3.42. The maximum Gasteiger partial charge on any atom is 0.146 e. The van der Waals surface area contributed by atoms with E-state index in [2.05, 4.69) is 9.97 Å². The lowest BCUT2D eigenvalue weighted by molar-refractivity contribution is 0.565. The van der Waals surface area contributed by atoms with E-state index in [-0.39, 0.29) is 15.7 Å². The van der Waals surface area contributed by atoms with Crippen molar-refractivity contribution >= 4 is 29.2 Å². The molecule has 2 N–H and O–H groups in total. The quantitative estimate of drug-likeness (QED) is 0.854. The molecule has 0 saturated carbocycles. The zero-order chi connectivity index (χ0) is 12.4. The molecule has 3 nitrogen and oxygen atoms in total. The highest BCUT2D eigenvalue weighted by Gasteiger charge is 2.11. The molecule has 88 valence electrons. The fraction of sp³-hybridized carbons (Fsp3) is 0. The summed E-state index contributed by atoms with van der Waals surface area (Å²) in [6, 6.07) is 3.26. The van der Waals surface area contributed by atoms with Crippen LogP contribution in [0.3, 0.4) is 0 Å². The first-order chi connectivity index (χ1) is 8.08. The second kappa shape index (κ2) is 4.85. The number of hydrogen-bond acceptors (Lipinski definition) is 4. The van der Waals surface area contributed by atoms with E-state index in [1.54, 1.807) is 0 Å². The molecule has 0 atom stereocenters. The minimum atomic E-state index is -0.678. The van der Waals surface area contributed by atoms with Crippen LogP contribution in [0.4, 0.5) is 14.6 Å². The summed E-state index contributed by atoms with van der Waals surface area (Å²) in [7, 11) is 0. The van der Waals surface area contributed by atoms with Crippen molar-refractivity contribution in [2.45, 2.75) is 9.92 Å². The van der Waals surface area contributed by atoms with Crippen LogP contribution in [-0.2, 0) is 0 Å². The predicted octanol–water partition coefficient (Wildman–Crippen LogP) is 3.14. The molecule has 0 aliphatic rings. The van der Waals surface area contributed by atoms with Crippen molar-refractivity contribution in [3.05, 3.63) is 41.2 Å². The van der Waals surface area contributed by atoms with E-state index < -0.39 is 11.6 Å². The standard InChI is InChI=1S/C10H6ClF2N3S/c11-8-9(14)15-4-16-10(8)17-7-2-1-5(12)3-6(7)13/h1-4H,(H2,14,15,16). The zero-order valence-corrected chi connectivity index (χ0v) is 9.90. The Labute approximate surface area is 105 Å². The van der Waals surface area contributed by atoms with Crippen LogP contribution < -0.4 is 5.73 Å². The van der Waals surface area contributed by atoms with Gasteiger partial charge in [0.1, 0.15) is 33.8 Å². The molecule has 1 aromatic carbocycles. The maximum absolute atomic E-state index is 13.4. The van der Waals surface area contributed by atoms with Gasteiger partial charge in [0.25, 0.3) is 0 Å². The van der Waals surface area contributed by atoms with Crippen LogP contribution in [0.1, 0.15) is 0 Å². The van der Waals surface area contributed by atoms with E-state index in [9.17, 15) is 8.78 Å². The van der Waals surface area contributed by atoms with Gasteiger partial charge in [0.15, 0.2) is 0 Å². The van der Waals surface area contributed by atoms with Gasteiger partial charge in [-0.15, -0.1) is 0 Å². The Hall–Kier alpha value is -1.40. The molecule has 0 bridgehead atoms. The molecule has 0 saturated heterocycles. The molecule has 7 heteroatoms. The fourth-order valence-electron chi connectivity index (χ4n) is 1.10. The van der Waals surface area contributed by atoms with Gasteiger partial charge in [-0.1, -0.05) is 23.4 Å². The van der Waals surface area contributed by atoms with E-state index in [1.807, 2.05) is 0 Å². The number of hydrogen-bond donors (Lipinski definition) is 1. The Kier molecular flexibility index (Phi) is 3.44. The Morgan fingerprint density at radius 3 is 2.71 bits per heavy atom. The minimum Gasteiger partial charge on any atom is -0.382 e. The highest BCUT2D eigenvalue weighted by atomic mass is 35.5. The average Bonchev–Trinajstić information content (AvgIpc) is 2.28. The van der Waals surface area contributed by atoms with Crippen molar-refractivity contribution < 1.29 is 8.78 Å². The molecule has 1 aromatic heterocycles. The predicted molar refractivity (Wildman–Crippen MR) is 61.9 cm³/mol. The number of nitrogen functional groups attached to an aromatic ring is 1. The molecule has 0 aliphatic heterocycles. The van der Waals surface area contributed by atoms with Crippen molar-refractivity contribution in [3.8, 4) is 0 Å². The Morgan fingerprint density at radius 1 is 1.24 bits per heavy atom. The Morgan fingerprint density at radius 2 is 2.00 bits per heavy atom. The lowest BCUT2D eigenvalue weighted by Crippen LogP contribution is -1.94. The van der Waals surface area contributed by atoms with E-state index in [1.165, 1.54) is 12.4 Å². The van der Waals surface area contributed by atoms with Crippen LogP contribution in [0.5, 0.6) is 0 Å². The number of benzene rings is 1. The summed E-state index contributed by atoms with van der Waals surface area (Å²) in [4.78, 5) is 7.78. The van der Waals surface area contributed by atoms with Gasteiger partial charge in [-0.2, -0.15) is 0 Å². The molecule has 1 heterocycles. The number of aromatic nitrogens is 2. The SMILES string of the molecule is Nc1ncnc(Sc2ccc(F)cc2F)c1Cl. The number of nitrogens with zero attached hydrogens (tertiary/aromatic N) is 2. The largest absolute Gasteiger partial charge is 0.382 e. The number of nitrogens with two attached hydrogens (primary N) is 1. The van der Waals surface area contributed by atoms with Gasteiger partial charge in [0.05, 0.1) is 0 Å². The monoisotopic (exact) mass is 273 g/mol. The summed E-state index contributed by atoms with van der Waals surface area (Å²) >= 11 is 6.82. The topological polar surface area (TPSA) is 51.8 Å². The fourth-order valence-corrected chi connectivity index (χ4v) is 2.11. The highest BCUT2D eigenvalue weighted by molar-refractivity contribution is 7.99. The summed E-state index contributed by atoms with van der Waals surface area (Å²) in [5.41, 5.74) is 5.49. The lowest BCUT2D eigenvalue weighted by Gasteiger charge is -2.05. The molecule has 0 radical (unpaired) electrons. The molecular formula is C10H6ClF2N3S. The second-order valence-electron chi connectivity index (χ2n) is 3.05. The summed E-state index contributed by atoms with van der Waals surface area (Å²) in [6.07, 6.45) is 1.23. The molecule has 0 aliphatic carbocycles. The molecule has 0 spiro atoms. The summed E-state index contributed by atoms with van der Waals surface area (Å²) < 4.78 is 26.1. The summed E-state index contributed by atoms with van der Waals surface area (Å²) in [5, 5.41) is 0.478. The molecule has 17 heavy (non-hydrogen) atoms.